The fourth-order valence-electron chi connectivity index (χ4n) is 2.95. The Hall–Kier alpha value is -3.68. The Morgan fingerprint density at radius 1 is 1.21 bits per heavy atom. The van der Waals surface area contributed by atoms with E-state index in [0.717, 1.165) is 5.39 Å². The number of halogens is 1. The lowest BCUT2D eigenvalue weighted by atomic mass is 10.2. The number of hydrogen-bond acceptors (Lipinski definition) is 5. The quantitative estimate of drug-likeness (QED) is 0.502. The summed E-state index contributed by atoms with van der Waals surface area (Å²) in [6.45, 7) is 0.390. The predicted octanol–water partition coefficient (Wildman–Crippen LogP) is 2.82. The van der Waals surface area contributed by atoms with Crippen molar-refractivity contribution in [2.24, 2.45) is 0 Å². The molecule has 2 heterocycles. The van der Waals surface area contributed by atoms with E-state index in [0.29, 0.717) is 23.4 Å². The van der Waals surface area contributed by atoms with E-state index in [1.165, 1.54) is 40.1 Å². The van der Waals surface area contributed by atoms with Gasteiger partial charge in [-0.05, 0) is 36.4 Å². The Bertz CT molecular complexity index is 1230. The molecule has 0 aliphatic rings. The van der Waals surface area contributed by atoms with Crippen LogP contribution in [0.5, 0.6) is 5.75 Å². The molecule has 2 aromatic heterocycles. The van der Waals surface area contributed by atoms with Gasteiger partial charge in [0.2, 0.25) is 11.5 Å². The molecule has 2 aromatic carbocycles. The Morgan fingerprint density at radius 3 is 2.76 bits per heavy atom. The average molecular weight is 395 g/mol. The summed E-state index contributed by atoms with van der Waals surface area (Å²) in [7, 11) is 1.62. The van der Waals surface area contributed by atoms with Gasteiger partial charge >= 0.3 is 0 Å². The smallest absolute Gasteiger partial charge is 0.297 e. The molecule has 0 spiro atoms. The third-order valence-corrected chi connectivity index (χ3v) is 4.59. The summed E-state index contributed by atoms with van der Waals surface area (Å²) in [5, 5.41) is 0.758. The maximum atomic E-state index is 12.9. The van der Waals surface area contributed by atoms with Gasteiger partial charge in [0.25, 0.3) is 5.56 Å². The van der Waals surface area contributed by atoms with Crippen molar-refractivity contribution in [2.45, 2.75) is 6.54 Å². The monoisotopic (exact) mass is 395 g/mol. The van der Waals surface area contributed by atoms with Gasteiger partial charge in [-0.3, -0.25) is 14.2 Å². The molecule has 0 aliphatic heterocycles. The number of para-hydroxylation sites is 1. The highest BCUT2D eigenvalue weighted by molar-refractivity contribution is 6.01. The number of hydrogen-bond donors (Lipinski definition) is 0. The highest BCUT2D eigenvalue weighted by Crippen LogP contribution is 2.24. The summed E-state index contributed by atoms with van der Waals surface area (Å²) < 4.78 is 25.2. The lowest BCUT2D eigenvalue weighted by Crippen LogP contribution is -2.36. The average Bonchev–Trinajstić information content (AvgIpc) is 3.11. The summed E-state index contributed by atoms with van der Waals surface area (Å²) in [4.78, 5) is 30.9. The number of fused-ring (bicyclic) bond motifs is 3. The highest BCUT2D eigenvalue weighted by Gasteiger charge is 2.16. The summed E-state index contributed by atoms with van der Waals surface area (Å²) in [6.07, 6.45) is 1.35. The van der Waals surface area contributed by atoms with Crippen LogP contribution >= 0.6 is 0 Å². The van der Waals surface area contributed by atoms with Crippen LogP contribution in [-0.4, -0.2) is 40.6 Å². The first-order chi connectivity index (χ1) is 14.0. The number of amides is 1. The largest absolute Gasteiger partial charge is 0.492 e. The van der Waals surface area contributed by atoms with Crippen LogP contribution in [0, 0.1) is 5.82 Å². The van der Waals surface area contributed by atoms with Crippen LogP contribution in [0.25, 0.3) is 22.1 Å². The second-order valence-corrected chi connectivity index (χ2v) is 6.57. The van der Waals surface area contributed by atoms with Gasteiger partial charge < -0.3 is 14.1 Å². The molecule has 0 saturated carbocycles. The van der Waals surface area contributed by atoms with Crippen molar-refractivity contribution >= 4 is 28.0 Å². The number of carbonyl (C=O) groups is 1. The number of ether oxygens (including phenoxy) is 1. The van der Waals surface area contributed by atoms with Crippen molar-refractivity contribution in [1.29, 1.82) is 0 Å². The van der Waals surface area contributed by atoms with E-state index in [2.05, 4.69) is 4.98 Å². The zero-order chi connectivity index (χ0) is 20.4. The molecule has 0 radical (unpaired) electrons. The molecule has 0 unspecified atom stereocenters. The molecule has 0 fully saturated rings. The highest BCUT2D eigenvalue weighted by atomic mass is 19.1. The third-order valence-electron chi connectivity index (χ3n) is 4.59. The van der Waals surface area contributed by atoms with Crippen LogP contribution in [0.4, 0.5) is 4.39 Å². The van der Waals surface area contributed by atoms with Crippen LogP contribution < -0.4 is 10.3 Å². The molecule has 0 N–H and O–H groups in total. The number of furan rings is 1. The summed E-state index contributed by atoms with van der Waals surface area (Å²) in [5.74, 6) is -0.0970. The number of rotatable bonds is 6. The molecule has 1 amide bonds. The molecule has 0 saturated heterocycles. The van der Waals surface area contributed by atoms with E-state index in [1.54, 1.807) is 13.1 Å². The van der Waals surface area contributed by atoms with Crippen molar-refractivity contribution in [3.63, 3.8) is 0 Å². The first-order valence-corrected chi connectivity index (χ1v) is 9.02. The Labute approximate surface area is 164 Å². The van der Waals surface area contributed by atoms with Gasteiger partial charge in [0.1, 0.15) is 35.8 Å². The molecule has 8 heteroatoms. The van der Waals surface area contributed by atoms with E-state index in [4.69, 9.17) is 9.15 Å². The SMILES string of the molecule is CN(CCOc1ccc(F)cc1)C(=O)Cn1cnc2c(oc3ccccc32)c1=O. The molecular weight excluding hydrogens is 377 g/mol. The number of carbonyl (C=O) groups excluding carboxylic acids is 1. The van der Waals surface area contributed by atoms with Crippen LogP contribution in [0.3, 0.4) is 0 Å². The maximum Gasteiger partial charge on any atom is 0.297 e. The number of nitrogens with zero attached hydrogens (tertiary/aromatic N) is 3. The third kappa shape index (κ3) is 3.82. The van der Waals surface area contributed by atoms with Crippen LogP contribution in [0.1, 0.15) is 0 Å². The zero-order valence-corrected chi connectivity index (χ0v) is 15.7. The van der Waals surface area contributed by atoms with Crippen molar-refractivity contribution < 1.29 is 18.3 Å². The van der Waals surface area contributed by atoms with E-state index in [-0.39, 0.29) is 30.5 Å². The molecule has 4 rings (SSSR count). The Balaban J connectivity index is 1.42. The van der Waals surface area contributed by atoms with Crippen molar-refractivity contribution in [3.8, 4) is 5.75 Å². The fraction of sp³-hybridized carbons (Fsp3) is 0.190. The predicted molar refractivity (Wildman–Crippen MR) is 105 cm³/mol. The lowest BCUT2D eigenvalue weighted by Gasteiger charge is -2.18. The number of likely N-dealkylation sites (N-methyl/N-ethyl adjacent to an activating group) is 1. The van der Waals surface area contributed by atoms with Crippen LogP contribution in [-0.2, 0) is 11.3 Å². The van der Waals surface area contributed by atoms with Crippen LogP contribution in [0.15, 0.2) is 64.1 Å². The fourth-order valence-corrected chi connectivity index (χ4v) is 2.95. The molecule has 0 aliphatic carbocycles. The lowest BCUT2D eigenvalue weighted by molar-refractivity contribution is -0.130. The first kappa shape index (κ1) is 18.7. The van der Waals surface area contributed by atoms with E-state index in [9.17, 15) is 14.0 Å². The molecule has 29 heavy (non-hydrogen) atoms. The molecule has 7 nitrogen and oxygen atoms in total. The second-order valence-electron chi connectivity index (χ2n) is 6.57. The van der Waals surface area contributed by atoms with Crippen molar-refractivity contribution in [1.82, 2.24) is 14.5 Å². The minimum absolute atomic E-state index is 0.129. The van der Waals surface area contributed by atoms with Gasteiger partial charge in [-0.25, -0.2) is 9.37 Å². The minimum Gasteiger partial charge on any atom is -0.492 e. The van der Waals surface area contributed by atoms with Gasteiger partial charge in [0.15, 0.2) is 0 Å². The van der Waals surface area contributed by atoms with E-state index in [1.807, 2.05) is 18.2 Å². The van der Waals surface area contributed by atoms with E-state index >= 15 is 0 Å². The molecule has 0 atom stereocenters. The standard InChI is InChI=1S/C21H18FN3O4/c1-24(10-11-28-15-8-6-14(22)7-9-15)18(26)12-25-13-23-19-16-4-2-3-5-17(16)29-20(19)21(25)27/h2-9,13H,10-12H2,1H3. The molecule has 4 aromatic rings. The minimum atomic E-state index is -0.407. The van der Waals surface area contributed by atoms with Gasteiger partial charge in [0.05, 0.1) is 12.9 Å². The van der Waals surface area contributed by atoms with Gasteiger partial charge in [-0.15, -0.1) is 0 Å². The maximum absolute atomic E-state index is 12.9. The topological polar surface area (TPSA) is 77.6 Å². The number of aromatic nitrogens is 2. The Kier molecular flexibility index (Phi) is 4.99. The number of benzene rings is 2. The first-order valence-electron chi connectivity index (χ1n) is 9.02. The molecule has 148 valence electrons. The van der Waals surface area contributed by atoms with Crippen LogP contribution in [0.2, 0.25) is 0 Å². The molecule has 0 bridgehead atoms. The van der Waals surface area contributed by atoms with Crippen molar-refractivity contribution in [2.75, 3.05) is 20.2 Å². The van der Waals surface area contributed by atoms with Gasteiger partial charge in [-0.1, -0.05) is 12.1 Å². The molecular formula is C21H18FN3O4. The Morgan fingerprint density at radius 2 is 1.97 bits per heavy atom. The summed E-state index contributed by atoms with van der Waals surface area (Å²) in [5.41, 5.74) is 0.779. The van der Waals surface area contributed by atoms with Gasteiger partial charge in [0, 0.05) is 12.4 Å². The zero-order valence-electron chi connectivity index (χ0n) is 15.7. The summed E-state index contributed by atoms with van der Waals surface area (Å²) >= 11 is 0. The second kappa shape index (κ2) is 7.75. The normalized spacial score (nSPS) is 11.1. The van der Waals surface area contributed by atoms with Crippen molar-refractivity contribution in [3.05, 3.63) is 71.0 Å². The van der Waals surface area contributed by atoms with E-state index < -0.39 is 5.56 Å². The summed E-state index contributed by atoms with van der Waals surface area (Å²) in [6, 6.07) is 12.9. The van der Waals surface area contributed by atoms with Gasteiger partial charge in [-0.2, -0.15) is 0 Å².